The van der Waals surface area contributed by atoms with Crippen LogP contribution in [0.1, 0.15) is 32.2 Å². The molecule has 0 fully saturated rings. The summed E-state index contributed by atoms with van der Waals surface area (Å²) in [7, 11) is 2.23. The van der Waals surface area contributed by atoms with Crippen LogP contribution >= 0.6 is 11.3 Å². The number of rotatable bonds is 8. The zero-order valence-electron chi connectivity index (χ0n) is 14.6. The van der Waals surface area contributed by atoms with Crippen molar-refractivity contribution in [2.75, 3.05) is 38.1 Å². The molecule has 3 nitrogen and oxygen atoms in total. The molecule has 1 aromatic carbocycles. The van der Waals surface area contributed by atoms with Crippen LogP contribution in [0.3, 0.4) is 0 Å². The van der Waals surface area contributed by atoms with Crippen molar-refractivity contribution in [3.63, 3.8) is 0 Å². The highest BCUT2D eigenvalue weighted by Crippen LogP contribution is 2.26. The topological polar surface area (TPSA) is 19.4 Å². The molecule has 1 aromatic heterocycles. The fourth-order valence-corrected chi connectivity index (χ4v) is 3.44. The van der Waals surface area contributed by atoms with E-state index in [1.807, 2.05) is 0 Å². The van der Waals surface area contributed by atoms with Crippen LogP contribution in [-0.2, 0) is 0 Å². The SMILES string of the molecule is CCN(CCN(C)CCC(C)C)c1ccc2nc(C)sc2c1. The molecular weight excluding hydrogens is 290 g/mol. The van der Waals surface area contributed by atoms with Gasteiger partial charge in [0.1, 0.15) is 0 Å². The molecule has 4 heteroatoms. The Morgan fingerprint density at radius 1 is 1.18 bits per heavy atom. The number of aromatic nitrogens is 1. The fraction of sp³-hybridized carbons (Fsp3) is 0.611. The van der Waals surface area contributed by atoms with Gasteiger partial charge in [-0.2, -0.15) is 0 Å². The van der Waals surface area contributed by atoms with E-state index in [0.717, 1.165) is 36.1 Å². The van der Waals surface area contributed by atoms with Gasteiger partial charge in [0.2, 0.25) is 0 Å². The van der Waals surface area contributed by atoms with Crippen molar-refractivity contribution in [1.82, 2.24) is 9.88 Å². The lowest BCUT2D eigenvalue weighted by Crippen LogP contribution is -2.33. The second kappa shape index (κ2) is 7.93. The van der Waals surface area contributed by atoms with Gasteiger partial charge in [-0.05, 0) is 58.0 Å². The van der Waals surface area contributed by atoms with Gasteiger partial charge in [0.15, 0.2) is 0 Å². The summed E-state index contributed by atoms with van der Waals surface area (Å²) in [5, 5.41) is 1.14. The third kappa shape index (κ3) is 4.68. The maximum absolute atomic E-state index is 4.55. The molecule has 2 aromatic rings. The van der Waals surface area contributed by atoms with Gasteiger partial charge in [0.05, 0.1) is 15.2 Å². The summed E-state index contributed by atoms with van der Waals surface area (Å²) in [5.74, 6) is 0.779. The van der Waals surface area contributed by atoms with E-state index in [-0.39, 0.29) is 0 Å². The molecule has 0 N–H and O–H groups in total. The van der Waals surface area contributed by atoms with Crippen molar-refractivity contribution in [2.24, 2.45) is 5.92 Å². The van der Waals surface area contributed by atoms with Crippen molar-refractivity contribution >= 4 is 27.2 Å². The average Bonchev–Trinajstić information content (AvgIpc) is 2.85. The lowest BCUT2D eigenvalue weighted by Gasteiger charge is -2.26. The van der Waals surface area contributed by atoms with Crippen LogP contribution in [0.4, 0.5) is 5.69 Å². The molecule has 1 heterocycles. The zero-order chi connectivity index (χ0) is 16.1. The Kier molecular flexibility index (Phi) is 6.21. The second-order valence-corrected chi connectivity index (χ2v) is 7.69. The Morgan fingerprint density at radius 2 is 1.95 bits per heavy atom. The maximum Gasteiger partial charge on any atom is 0.0907 e. The van der Waals surface area contributed by atoms with Gasteiger partial charge in [-0.25, -0.2) is 4.98 Å². The van der Waals surface area contributed by atoms with Crippen LogP contribution in [-0.4, -0.2) is 43.1 Å². The minimum Gasteiger partial charge on any atom is -0.370 e. The highest BCUT2D eigenvalue weighted by Gasteiger charge is 2.09. The minimum atomic E-state index is 0.779. The number of nitrogens with zero attached hydrogens (tertiary/aromatic N) is 3. The predicted molar refractivity (Wildman–Crippen MR) is 99.2 cm³/mol. The molecule has 0 unspecified atom stereocenters. The monoisotopic (exact) mass is 319 g/mol. The van der Waals surface area contributed by atoms with E-state index in [1.54, 1.807) is 11.3 Å². The van der Waals surface area contributed by atoms with Crippen LogP contribution in [0.5, 0.6) is 0 Å². The molecule has 0 saturated carbocycles. The molecular formula is C18H29N3S. The third-order valence-corrected chi connectivity index (χ3v) is 5.00. The van der Waals surface area contributed by atoms with Gasteiger partial charge in [-0.15, -0.1) is 11.3 Å². The molecule has 122 valence electrons. The van der Waals surface area contributed by atoms with Crippen molar-refractivity contribution in [1.29, 1.82) is 0 Å². The van der Waals surface area contributed by atoms with Crippen molar-refractivity contribution < 1.29 is 0 Å². The number of fused-ring (bicyclic) bond motifs is 1. The summed E-state index contributed by atoms with van der Waals surface area (Å²) in [5.41, 5.74) is 2.44. The summed E-state index contributed by atoms with van der Waals surface area (Å²) in [6, 6.07) is 6.65. The summed E-state index contributed by atoms with van der Waals surface area (Å²) in [6.45, 7) is 13.3. The minimum absolute atomic E-state index is 0.779. The van der Waals surface area contributed by atoms with Gasteiger partial charge in [-0.1, -0.05) is 13.8 Å². The van der Waals surface area contributed by atoms with Gasteiger partial charge in [0.25, 0.3) is 0 Å². The van der Waals surface area contributed by atoms with E-state index in [1.165, 1.54) is 23.4 Å². The fourth-order valence-electron chi connectivity index (χ4n) is 2.58. The van der Waals surface area contributed by atoms with Crippen LogP contribution in [0.2, 0.25) is 0 Å². The van der Waals surface area contributed by atoms with Crippen LogP contribution in [0, 0.1) is 12.8 Å². The normalized spacial score (nSPS) is 11.8. The lowest BCUT2D eigenvalue weighted by atomic mass is 10.1. The number of anilines is 1. The molecule has 22 heavy (non-hydrogen) atoms. The highest BCUT2D eigenvalue weighted by atomic mass is 32.1. The number of hydrogen-bond acceptors (Lipinski definition) is 4. The standard InChI is InChI=1S/C18H29N3S/c1-6-21(12-11-20(5)10-9-14(2)3)16-7-8-17-18(13-16)22-15(4)19-17/h7-8,13-14H,6,9-12H2,1-5H3. The van der Waals surface area contributed by atoms with Gasteiger partial charge >= 0.3 is 0 Å². The van der Waals surface area contributed by atoms with E-state index in [0.29, 0.717) is 0 Å². The Balaban J connectivity index is 1.97. The van der Waals surface area contributed by atoms with Gasteiger partial charge in [-0.3, -0.25) is 0 Å². The van der Waals surface area contributed by atoms with Crippen LogP contribution in [0.15, 0.2) is 18.2 Å². The molecule has 0 radical (unpaired) electrons. The van der Waals surface area contributed by atoms with E-state index in [4.69, 9.17) is 0 Å². The van der Waals surface area contributed by atoms with E-state index >= 15 is 0 Å². The lowest BCUT2D eigenvalue weighted by molar-refractivity contribution is 0.315. The molecule has 0 aliphatic carbocycles. The summed E-state index contributed by atoms with van der Waals surface area (Å²) >= 11 is 1.78. The molecule has 0 bridgehead atoms. The van der Waals surface area contributed by atoms with Crippen molar-refractivity contribution in [3.05, 3.63) is 23.2 Å². The number of aryl methyl sites for hydroxylation is 1. The van der Waals surface area contributed by atoms with Crippen LogP contribution < -0.4 is 4.90 Å². The molecule has 0 aliphatic rings. The first-order valence-electron chi connectivity index (χ1n) is 8.30. The highest BCUT2D eigenvalue weighted by molar-refractivity contribution is 7.18. The first-order chi connectivity index (χ1) is 10.5. The molecule has 0 aliphatic heterocycles. The predicted octanol–water partition coefficient (Wildman–Crippen LogP) is 4.41. The molecule has 0 amide bonds. The first kappa shape index (κ1) is 17.2. The summed E-state index contributed by atoms with van der Waals surface area (Å²) in [6.07, 6.45) is 1.27. The smallest absolute Gasteiger partial charge is 0.0907 e. The van der Waals surface area contributed by atoms with Crippen LogP contribution in [0.25, 0.3) is 10.2 Å². The molecule has 0 spiro atoms. The molecule has 0 saturated heterocycles. The Bertz CT molecular complexity index is 591. The van der Waals surface area contributed by atoms with Crippen molar-refractivity contribution in [3.8, 4) is 0 Å². The third-order valence-electron chi connectivity index (χ3n) is 4.07. The number of hydrogen-bond donors (Lipinski definition) is 0. The number of thiazole rings is 1. The Labute approximate surface area is 139 Å². The Morgan fingerprint density at radius 3 is 2.64 bits per heavy atom. The quantitative estimate of drug-likeness (QED) is 0.718. The largest absolute Gasteiger partial charge is 0.370 e. The first-order valence-corrected chi connectivity index (χ1v) is 9.12. The van der Waals surface area contributed by atoms with Gasteiger partial charge in [0, 0.05) is 25.3 Å². The second-order valence-electron chi connectivity index (χ2n) is 6.45. The molecule has 2 rings (SSSR count). The zero-order valence-corrected chi connectivity index (χ0v) is 15.4. The summed E-state index contributed by atoms with van der Waals surface area (Å²) < 4.78 is 1.29. The van der Waals surface area contributed by atoms with Crippen molar-refractivity contribution in [2.45, 2.75) is 34.1 Å². The van der Waals surface area contributed by atoms with Gasteiger partial charge < -0.3 is 9.80 Å². The molecule has 0 atom stereocenters. The van der Waals surface area contributed by atoms with E-state index in [2.05, 4.69) is 67.7 Å². The van der Waals surface area contributed by atoms with E-state index in [9.17, 15) is 0 Å². The number of benzene rings is 1. The average molecular weight is 320 g/mol. The Hall–Kier alpha value is -1.13. The summed E-state index contributed by atoms with van der Waals surface area (Å²) in [4.78, 5) is 9.45. The van der Waals surface area contributed by atoms with E-state index < -0.39 is 0 Å². The number of likely N-dealkylation sites (N-methyl/N-ethyl adjacent to an activating group) is 2. The maximum atomic E-state index is 4.55.